The van der Waals surface area contributed by atoms with Crippen molar-refractivity contribution < 1.29 is 53.8 Å². The summed E-state index contributed by atoms with van der Waals surface area (Å²) in [6, 6.07) is 15.4. The maximum Gasteiger partial charge on any atom is 0.433 e. The highest BCUT2D eigenvalue weighted by atomic mass is 19.4. The number of nitriles is 1. The zero-order chi connectivity index (χ0) is 40.7. The summed E-state index contributed by atoms with van der Waals surface area (Å²) in [5, 5.41) is 14.8. The number of amides is 2. The maximum absolute atomic E-state index is 14.1. The second-order valence-electron chi connectivity index (χ2n) is 13.8. The minimum Gasteiger partial charge on any atom is -0.493 e. The minimum absolute atomic E-state index is 0.0196. The van der Waals surface area contributed by atoms with Crippen LogP contribution in [0.15, 0.2) is 76.7 Å². The number of halogens is 9. The lowest BCUT2D eigenvalue weighted by Crippen LogP contribution is -2.55. The van der Waals surface area contributed by atoms with Crippen molar-refractivity contribution >= 4 is 23.5 Å². The molecular formula is C39H25F9N6O3. The van der Waals surface area contributed by atoms with Gasteiger partial charge in [-0.25, -0.2) is 4.98 Å². The summed E-state index contributed by atoms with van der Waals surface area (Å²) < 4.78 is 130. The lowest BCUT2D eigenvalue weighted by molar-refractivity contribution is -0.141. The smallest absolute Gasteiger partial charge is 0.433 e. The Morgan fingerprint density at radius 2 is 1.46 bits per heavy atom. The highest BCUT2D eigenvalue weighted by Gasteiger charge is 2.55. The number of para-hydroxylation sites is 1. The third-order valence-electron chi connectivity index (χ3n) is 10.8. The van der Waals surface area contributed by atoms with Crippen molar-refractivity contribution in [2.45, 2.75) is 55.2 Å². The lowest BCUT2D eigenvalue weighted by atomic mass is 9.66. The van der Waals surface area contributed by atoms with Gasteiger partial charge in [0, 0.05) is 28.7 Å². The third kappa shape index (κ3) is 5.98. The van der Waals surface area contributed by atoms with E-state index in [0.717, 1.165) is 18.2 Å². The van der Waals surface area contributed by atoms with E-state index in [2.05, 4.69) is 31.7 Å². The van der Waals surface area contributed by atoms with E-state index in [-0.39, 0.29) is 83.1 Å². The fraction of sp³-hybridized carbons (Fsp3) is 0.282. The van der Waals surface area contributed by atoms with Crippen molar-refractivity contribution in [3.8, 4) is 11.8 Å². The third-order valence-corrected chi connectivity index (χ3v) is 10.8. The van der Waals surface area contributed by atoms with Crippen molar-refractivity contribution in [3.63, 3.8) is 0 Å². The first-order chi connectivity index (χ1) is 26.9. The van der Waals surface area contributed by atoms with Crippen molar-refractivity contribution in [2.24, 2.45) is 9.98 Å². The van der Waals surface area contributed by atoms with Crippen LogP contribution in [0.5, 0.6) is 5.75 Å². The molecule has 1 aliphatic carbocycles. The van der Waals surface area contributed by atoms with Crippen LogP contribution >= 0.6 is 0 Å². The molecule has 4 heterocycles. The van der Waals surface area contributed by atoms with E-state index >= 15 is 0 Å². The molecule has 57 heavy (non-hydrogen) atoms. The van der Waals surface area contributed by atoms with Gasteiger partial charge in [-0.3, -0.25) is 19.6 Å². The molecule has 2 spiro atoms. The number of rotatable bonds is 3. The number of aromatic nitrogens is 1. The molecule has 0 saturated carbocycles. The van der Waals surface area contributed by atoms with Crippen LogP contribution in [-0.2, 0) is 45.7 Å². The van der Waals surface area contributed by atoms with Crippen LogP contribution in [-0.4, -0.2) is 47.8 Å². The number of alkyl halides is 9. The van der Waals surface area contributed by atoms with E-state index in [1.807, 2.05) is 0 Å². The first kappa shape index (κ1) is 37.7. The molecule has 0 bridgehead atoms. The van der Waals surface area contributed by atoms with Gasteiger partial charge in [-0.15, -0.1) is 0 Å². The van der Waals surface area contributed by atoms with Crippen LogP contribution in [0.1, 0.15) is 74.3 Å². The average molecular weight is 797 g/mol. The molecule has 18 heteroatoms. The van der Waals surface area contributed by atoms with Crippen LogP contribution in [0.4, 0.5) is 39.5 Å². The number of ether oxygens (including phenoxy) is 1. The second-order valence-corrected chi connectivity index (χ2v) is 13.8. The number of hydrogen-bond acceptors (Lipinski definition) is 7. The van der Waals surface area contributed by atoms with Crippen molar-refractivity contribution in [3.05, 3.63) is 128 Å². The summed E-state index contributed by atoms with van der Waals surface area (Å²) in [6.45, 7) is -2.26. The number of nitrogens with one attached hydrogen (secondary N) is 2. The molecule has 2 atom stereocenters. The first-order valence-corrected chi connectivity index (χ1v) is 17.3. The fourth-order valence-electron chi connectivity index (χ4n) is 8.25. The zero-order valence-electron chi connectivity index (χ0n) is 29.0. The van der Waals surface area contributed by atoms with Crippen LogP contribution in [0.2, 0.25) is 0 Å². The number of carbonyl (C=O) groups is 2. The Balaban J connectivity index is 1.24. The number of nitrogens with zero attached hydrogens (tertiary/aromatic N) is 4. The quantitative estimate of drug-likeness (QED) is 0.221. The molecule has 4 aliphatic rings. The van der Waals surface area contributed by atoms with Gasteiger partial charge in [-0.1, -0.05) is 36.4 Å². The summed E-state index contributed by atoms with van der Waals surface area (Å²) in [4.78, 5) is 40.2. The molecule has 0 saturated heterocycles. The van der Waals surface area contributed by atoms with E-state index in [1.54, 1.807) is 12.1 Å². The minimum atomic E-state index is -4.88. The molecular weight excluding hydrogens is 771 g/mol. The number of aliphatic imine (C=N–C) groups is 2. The molecule has 2 N–H and O–H groups in total. The van der Waals surface area contributed by atoms with Gasteiger partial charge in [0.25, 0.3) is 0 Å². The van der Waals surface area contributed by atoms with Crippen LogP contribution in [0, 0.1) is 11.3 Å². The molecule has 1 aromatic heterocycles. The maximum atomic E-state index is 14.1. The topological polar surface area (TPSA) is 129 Å². The molecule has 0 fully saturated rings. The van der Waals surface area contributed by atoms with Crippen molar-refractivity contribution in [1.29, 1.82) is 5.26 Å². The van der Waals surface area contributed by atoms with E-state index in [0.29, 0.717) is 23.3 Å². The molecule has 3 aromatic carbocycles. The molecule has 4 aromatic rings. The van der Waals surface area contributed by atoms with Gasteiger partial charge in [0.1, 0.15) is 40.5 Å². The molecule has 2 amide bonds. The van der Waals surface area contributed by atoms with Crippen molar-refractivity contribution in [2.75, 3.05) is 13.2 Å². The Morgan fingerprint density at radius 3 is 2.16 bits per heavy atom. The molecule has 0 radical (unpaired) electrons. The zero-order valence-corrected chi connectivity index (χ0v) is 29.0. The van der Waals surface area contributed by atoms with Crippen LogP contribution in [0.25, 0.3) is 0 Å². The van der Waals surface area contributed by atoms with E-state index < -0.39 is 64.8 Å². The Morgan fingerprint density at radius 1 is 0.772 bits per heavy atom. The van der Waals surface area contributed by atoms with Crippen molar-refractivity contribution in [1.82, 2.24) is 15.6 Å². The predicted octanol–water partition coefficient (Wildman–Crippen LogP) is 6.81. The Bertz CT molecular complexity index is 2500. The van der Waals surface area contributed by atoms with Gasteiger partial charge in [0.05, 0.1) is 36.0 Å². The average Bonchev–Trinajstić information content (AvgIpc) is 3.56. The van der Waals surface area contributed by atoms with Crippen LogP contribution in [0.3, 0.4) is 0 Å². The molecule has 9 nitrogen and oxygen atoms in total. The van der Waals surface area contributed by atoms with Gasteiger partial charge in [0.2, 0.25) is 11.8 Å². The molecule has 3 aliphatic heterocycles. The number of hydrogen-bond donors (Lipinski definition) is 2. The predicted molar refractivity (Wildman–Crippen MR) is 182 cm³/mol. The number of pyridine rings is 1. The Hall–Kier alpha value is -6.25. The summed E-state index contributed by atoms with van der Waals surface area (Å²) in [6.07, 6.45) is -14.5. The second kappa shape index (κ2) is 12.9. The summed E-state index contributed by atoms with van der Waals surface area (Å²) >= 11 is 0. The SMILES string of the molecule is N#Cc1cccc2c1CC[C@@]21C(=O)NC(=NCc2cccc3c2OCC[C@@]32C(=O)NC(=NCC(F)(F)F)c3ccc(C(F)(F)F)cc32)c2ccc(C(F)(F)F)nc21. The fourth-order valence-corrected chi connectivity index (χ4v) is 8.25. The molecule has 292 valence electrons. The number of amidine groups is 2. The lowest BCUT2D eigenvalue weighted by Gasteiger charge is -2.42. The highest BCUT2D eigenvalue weighted by molar-refractivity contribution is 6.18. The summed E-state index contributed by atoms with van der Waals surface area (Å²) in [7, 11) is 0. The van der Waals surface area contributed by atoms with Gasteiger partial charge in [-0.05, 0) is 59.9 Å². The van der Waals surface area contributed by atoms with Crippen LogP contribution < -0.4 is 15.4 Å². The Kier molecular flexibility index (Phi) is 8.52. The highest BCUT2D eigenvalue weighted by Crippen LogP contribution is 2.51. The monoisotopic (exact) mass is 796 g/mol. The van der Waals surface area contributed by atoms with Gasteiger partial charge in [0.15, 0.2) is 0 Å². The standard InChI is InChI=1S/C39H25F9N6O3/c40-37(41,42)18-51-31-23-8-7-21(38(43,44)45)15-27(23)35(33(55)53-31)13-14-57-29-20(4-2-6-26(29)35)17-50-32-24-9-10-28(39(46,47)48)52-30(24)36(34(56)54-32)12-11-22-19(16-49)3-1-5-25(22)36/h1-10,15H,11-14,17-18H2,(H,50,54,56)(H,51,53,55)/t35-,36-/m1/s1. The summed E-state index contributed by atoms with van der Waals surface area (Å²) in [5.41, 5.74) is -5.03. The number of fused-ring (bicyclic) bond motifs is 8. The number of benzene rings is 3. The van der Waals surface area contributed by atoms with E-state index in [4.69, 9.17) is 4.74 Å². The number of carbonyl (C=O) groups excluding carboxylic acids is 2. The molecule has 8 rings (SSSR count). The molecule has 0 unspecified atom stereocenters. The van der Waals surface area contributed by atoms with E-state index in [9.17, 15) is 54.4 Å². The van der Waals surface area contributed by atoms with Gasteiger partial charge < -0.3 is 15.4 Å². The Labute approximate surface area is 316 Å². The van der Waals surface area contributed by atoms with Gasteiger partial charge >= 0.3 is 18.5 Å². The normalized spacial score (nSPS) is 22.7. The first-order valence-electron chi connectivity index (χ1n) is 17.3. The summed E-state index contributed by atoms with van der Waals surface area (Å²) in [5.74, 6) is -2.33. The van der Waals surface area contributed by atoms with Gasteiger partial charge in [-0.2, -0.15) is 44.8 Å². The largest absolute Gasteiger partial charge is 0.493 e. The van der Waals surface area contributed by atoms with E-state index in [1.165, 1.54) is 24.3 Å².